The predicted molar refractivity (Wildman–Crippen MR) is 107 cm³/mol. The van der Waals surface area contributed by atoms with Crippen molar-refractivity contribution in [1.82, 2.24) is 0 Å². The number of hydrogen-bond acceptors (Lipinski definition) is 4. The molecule has 0 aromatic heterocycles. The summed E-state index contributed by atoms with van der Waals surface area (Å²) in [4.78, 5) is -0.523. The number of nitrogens with one attached hydrogen (secondary N) is 1. The van der Waals surface area contributed by atoms with Crippen LogP contribution in [0.3, 0.4) is 0 Å². The summed E-state index contributed by atoms with van der Waals surface area (Å²) in [6.45, 7) is 1.54. The van der Waals surface area contributed by atoms with Crippen LogP contribution >= 0.6 is 0 Å². The molecule has 0 atom stereocenters. The van der Waals surface area contributed by atoms with Crippen molar-refractivity contribution in [3.8, 4) is 11.1 Å². The molecule has 9 heteroatoms. The first-order valence-electron chi connectivity index (χ1n) is 8.36. The van der Waals surface area contributed by atoms with Gasteiger partial charge in [-0.1, -0.05) is 30.3 Å². The molecular weight excluding hydrogens is 420 g/mol. The first-order chi connectivity index (χ1) is 13.5. The Morgan fingerprint density at radius 2 is 1.41 bits per heavy atom. The highest BCUT2D eigenvalue weighted by molar-refractivity contribution is 7.93. The third-order valence-electron chi connectivity index (χ3n) is 4.15. The zero-order valence-corrected chi connectivity index (χ0v) is 17.1. The maximum Gasteiger partial charge on any atom is 0.262 e. The van der Waals surface area contributed by atoms with Crippen molar-refractivity contribution in [2.45, 2.75) is 16.7 Å². The van der Waals surface area contributed by atoms with Gasteiger partial charge >= 0.3 is 0 Å². The van der Waals surface area contributed by atoms with Crippen LogP contribution in [0.2, 0.25) is 0 Å². The molecule has 0 aliphatic carbocycles. The molecule has 0 radical (unpaired) electrons. The molecule has 3 aromatic carbocycles. The van der Waals surface area contributed by atoms with Crippen molar-refractivity contribution in [2.24, 2.45) is 0 Å². The summed E-state index contributed by atoms with van der Waals surface area (Å²) in [5.74, 6) is -1.94. The number of hydrogen-bond donors (Lipinski definition) is 1. The highest BCUT2D eigenvalue weighted by Gasteiger charge is 2.21. The Balaban J connectivity index is 2.07. The fourth-order valence-corrected chi connectivity index (χ4v) is 4.76. The molecule has 0 bridgehead atoms. The van der Waals surface area contributed by atoms with Gasteiger partial charge in [0.1, 0.15) is 11.6 Å². The largest absolute Gasteiger partial charge is 0.277 e. The molecule has 0 saturated carbocycles. The van der Waals surface area contributed by atoms with Crippen LogP contribution in [0.15, 0.2) is 70.5 Å². The predicted octanol–water partition coefficient (Wildman–Crippen LogP) is 4.14. The van der Waals surface area contributed by atoms with Gasteiger partial charge in [0.2, 0.25) is 0 Å². The smallest absolute Gasteiger partial charge is 0.262 e. The van der Waals surface area contributed by atoms with E-state index in [4.69, 9.17) is 0 Å². The molecule has 0 spiro atoms. The fourth-order valence-electron chi connectivity index (χ4n) is 2.75. The average Bonchev–Trinajstić information content (AvgIpc) is 2.63. The molecule has 0 saturated heterocycles. The van der Waals surface area contributed by atoms with E-state index < -0.39 is 37.2 Å². The number of sulfone groups is 1. The lowest BCUT2D eigenvalue weighted by Crippen LogP contribution is -2.15. The highest BCUT2D eigenvalue weighted by Crippen LogP contribution is 2.30. The lowest BCUT2D eigenvalue weighted by Gasteiger charge is -2.13. The Morgan fingerprint density at radius 1 is 0.793 bits per heavy atom. The number of sulfonamides is 1. The summed E-state index contributed by atoms with van der Waals surface area (Å²) in [6, 6.07) is 13.5. The number of benzene rings is 3. The van der Waals surface area contributed by atoms with E-state index in [2.05, 4.69) is 4.72 Å². The van der Waals surface area contributed by atoms with Gasteiger partial charge in [-0.3, -0.25) is 4.72 Å². The van der Waals surface area contributed by atoms with Gasteiger partial charge in [-0.25, -0.2) is 25.6 Å². The van der Waals surface area contributed by atoms with E-state index in [-0.39, 0.29) is 15.4 Å². The van der Waals surface area contributed by atoms with Crippen LogP contribution in [0, 0.1) is 18.6 Å². The summed E-state index contributed by atoms with van der Waals surface area (Å²) >= 11 is 0. The van der Waals surface area contributed by atoms with Crippen molar-refractivity contribution in [2.75, 3.05) is 11.0 Å². The highest BCUT2D eigenvalue weighted by atomic mass is 32.2. The van der Waals surface area contributed by atoms with Gasteiger partial charge in [0.25, 0.3) is 10.0 Å². The Morgan fingerprint density at radius 3 is 2.03 bits per heavy atom. The number of anilines is 1. The van der Waals surface area contributed by atoms with Gasteiger partial charge in [0, 0.05) is 17.9 Å². The van der Waals surface area contributed by atoms with Crippen LogP contribution in [0.4, 0.5) is 14.5 Å². The van der Waals surface area contributed by atoms with Gasteiger partial charge in [-0.15, -0.1) is 0 Å². The van der Waals surface area contributed by atoms with Crippen molar-refractivity contribution in [3.05, 3.63) is 77.9 Å². The van der Waals surface area contributed by atoms with E-state index in [0.29, 0.717) is 17.2 Å². The minimum absolute atomic E-state index is 0.0192. The SMILES string of the molecule is Cc1cc(S(C)(=O)=O)cc(S(=O)(=O)Nc2cc(-c3ccccc3)c(F)cc2F)c1. The van der Waals surface area contributed by atoms with Crippen LogP contribution in [0.1, 0.15) is 5.56 Å². The lowest BCUT2D eigenvalue weighted by atomic mass is 10.0. The Bertz CT molecular complexity index is 1290. The summed E-state index contributed by atoms with van der Waals surface area (Å²) in [5.41, 5.74) is 0.414. The second-order valence-electron chi connectivity index (χ2n) is 6.54. The Kier molecular flexibility index (Phi) is 5.46. The average molecular weight is 437 g/mol. The molecule has 3 aromatic rings. The van der Waals surface area contributed by atoms with Crippen molar-refractivity contribution in [3.63, 3.8) is 0 Å². The molecule has 0 fully saturated rings. The normalized spacial score (nSPS) is 12.0. The van der Waals surface area contributed by atoms with E-state index in [9.17, 15) is 25.6 Å². The topological polar surface area (TPSA) is 80.3 Å². The molecule has 1 N–H and O–H groups in total. The standard InChI is InChI=1S/C20H17F2NO4S2/c1-13-8-15(28(2,24)25)10-16(9-13)29(26,27)23-20-11-17(18(21)12-19(20)22)14-6-4-3-5-7-14/h3-12,23H,1-2H3. The van der Waals surface area contributed by atoms with Gasteiger partial charge in [0.05, 0.1) is 15.5 Å². The summed E-state index contributed by atoms with van der Waals surface area (Å²) in [5, 5.41) is 0. The molecule has 5 nitrogen and oxygen atoms in total. The molecule has 0 unspecified atom stereocenters. The number of rotatable bonds is 5. The van der Waals surface area contributed by atoms with Crippen molar-refractivity contribution >= 4 is 25.5 Å². The second kappa shape index (κ2) is 7.57. The van der Waals surface area contributed by atoms with E-state index >= 15 is 0 Å². The van der Waals surface area contributed by atoms with Crippen LogP contribution in [-0.4, -0.2) is 23.1 Å². The van der Waals surface area contributed by atoms with E-state index in [1.807, 2.05) is 0 Å². The zero-order chi connectivity index (χ0) is 21.4. The molecule has 0 aliphatic rings. The van der Waals surface area contributed by atoms with E-state index in [1.54, 1.807) is 37.3 Å². The van der Waals surface area contributed by atoms with Crippen molar-refractivity contribution in [1.29, 1.82) is 0 Å². The lowest BCUT2D eigenvalue weighted by molar-refractivity contribution is 0.584. The van der Waals surface area contributed by atoms with Gasteiger partial charge < -0.3 is 0 Å². The van der Waals surface area contributed by atoms with Gasteiger partial charge in [-0.05, 0) is 42.3 Å². The van der Waals surface area contributed by atoms with Crippen LogP contribution in [0.25, 0.3) is 11.1 Å². The minimum Gasteiger partial charge on any atom is -0.277 e. The summed E-state index contributed by atoms with van der Waals surface area (Å²) < 4.78 is 79.7. The second-order valence-corrected chi connectivity index (χ2v) is 10.2. The fraction of sp³-hybridized carbons (Fsp3) is 0.100. The summed E-state index contributed by atoms with van der Waals surface area (Å²) in [7, 11) is -7.98. The molecule has 0 amide bonds. The molecule has 0 heterocycles. The van der Waals surface area contributed by atoms with E-state index in [1.165, 1.54) is 12.1 Å². The van der Waals surface area contributed by atoms with Gasteiger partial charge in [-0.2, -0.15) is 0 Å². The molecular formula is C20H17F2NO4S2. The van der Waals surface area contributed by atoms with Crippen LogP contribution in [-0.2, 0) is 19.9 Å². The number of aryl methyl sites for hydroxylation is 1. The molecule has 3 rings (SSSR count). The quantitative estimate of drug-likeness (QED) is 0.650. The molecule has 29 heavy (non-hydrogen) atoms. The maximum absolute atomic E-state index is 14.3. The molecule has 0 aliphatic heterocycles. The third-order valence-corrected chi connectivity index (χ3v) is 6.59. The minimum atomic E-state index is -4.33. The van der Waals surface area contributed by atoms with Crippen LogP contribution < -0.4 is 4.72 Å². The zero-order valence-electron chi connectivity index (χ0n) is 15.5. The van der Waals surface area contributed by atoms with Crippen molar-refractivity contribution < 1.29 is 25.6 Å². The Labute approximate surface area is 168 Å². The van der Waals surface area contributed by atoms with Gasteiger partial charge in [0.15, 0.2) is 9.84 Å². The molecule has 152 valence electrons. The van der Waals surface area contributed by atoms with E-state index in [0.717, 1.165) is 18.4 Å². The van der Waals surface area contributed by atoms with Crippen LogP contribution in [0.5, 0.6) is 0 Å². The monoisotopic (exact) mass is 437 g/mol. The number of halogens is 2. The maximum atomic E-state index is 14.3. The third kappa shape index (κ3) is 4.63. The summed E-state index contributed by atoms with van der Waals surface area (Å²) in [6.07, 6.45) is 0.956. The first kappa shape index (κ1) is 20.9. The Hall–Kier alpha value is -2.78. The first-order valence-corrected chi connectivity index (χ1v) is 11.7.